The standard InChI is InChI=1S/C18H30N4O3S/c1-3-19-18(20-11-6-12-22-26(2,23)24)21-13-16-7-4-5-8-17(16)25-14-15-9-10-15/h4-5,7-8,15,22H,3,6,9-14H2,1-2H3,(H2,19,20,21). The van der Waals surface area contributed by atoms with Crippen molar-refractivity contribution in [2.45, 2.75) is 32.7 Å². The summed E-state index contributed by atoms with van der Waals surface area (Å²) < 4.78 is 30.5. The first-order chi connectivity index (χ1) is 12.5. The van der Waals surface area contributed by atoms with Crippen LogP contribution in [-0.4, -0.2) is 46.9 Å². The van der Waals surface area contributed by atoms with E-state index in [0.29, 0.717) is 37.9 Å². The largest absolute Gasteiger partial charge is 0.493 e. The van der Waals surface area contributed by atoms with Gasteiger partial charge in [0.2, 0.25) is 10.0 Å². The van der Waals surface area contributed by atoms with Gasteiger partial charge in [-0.25, -0.2) is 18.1 Å². The van der Waals surface area contributed by atoms with E-state index in [-0.39, 0.29) is 0 Å². The molecule has 0 amide bonds. The highest BCUT2D eigenvalue weighted by molar-refractivity contribution is 7.88. The maximum atomic E-state index is 11.0. The van der Waals surface area contributed by atoms with E-state index in [2.05, 4.69) is 20.3 Å². The van der Waals surface area contributed by atoms with E-state index in [0.717, 1.165) is 30.7 Å². The number of hydrogen-bond acceptors (Lipinski definition) is 4. The Balaban J connectivity index is 1.83. The Bertz CT molecular complexity index is 687. The Kier molecular flexibility index (Phi) is 8.18. The first-order valence-corrected chi connectivity index (χ1v) is 11.0. The van der Waals surface area contributed by atoms with Crippen molar-refractivity contribution in [3.63, 3.8) is 0 Å². The summed E-state index contributed by atoms with van der Waals surface area (Å²) in [7, 11) is -3.13. The number of nitrogens with one attached hydrogen (secondary N) is 3. The third-order valence-corrected chi connectivity index (χ3v) is 4.63. The summed E-state index contributed by atoms with van der Waals surface area (Å²) >= 11 is 0. The fourth-order valence-electron chi connectivity index (χ4n) is 2.33. The van der Waals surface area contributed by atoms with Crippen LogP contribution in [-0.2, 0) is 16.6 Å². The number of para-hydroxylation sites is 1. The summed E-state index contributed by atoms with van der Waals surface area (Å²) in [4.78, 5) is 4.61. The van der Waals surface area contributed by atoms with Crippen molar-refractivity contribution in [1.82, 2.24) is 15.4 Å². The van der Waals surface area contributed by atoms with Gasteiger partial charge in [-0.3, -0.25) is 0 Å². The fraction of sp³-hybridized carbons (Fsp3) is 0.611. The van der Waals surface area contributed by atoms with Gasteiger partial charge in [0.15, 0.2) is 5.96 Å². The number of ether oxygens (including phenoxy) is 1. The average molecular weight is 383 g/mol. The molecule has 0 radical (unpaired) electrons. The van der Waals surface area contributed by atoms with Crippen LogP contribution in [0.5, 0.6) is 5.75 Å². The van der Waals surface area contributed by atoms with Crippen molar-refractivity contribution in [2.75, 3.05) is 32.5 Å². The molecule has 0 aromatic heterocycles. The molecule has 146 valence electrons. The topological polar surface area (TPSA) is 91.8 Å². The summed E-state index contributed by atoms with van der Waals surface area (Å²) in [6.45, 7) is 5.11. The van der Waals surface area contributed by atoms with Gasteiger partial charge >= 0.3 is 0 Å². The molecular formula is C18H30N4O3S. The molecule has 0 spiro atoms. The maximum Gasteiger partial charge on any atom is 0.208 e. The molecule has 1 aromatic rings. The minimum Gasteiger partial charge on any atom is -0.493 e. The van der Waals surface area contributed by atoms with Crippen LogP contribution in [0.15, 0.2) is 29.3 Å². The molecule has 2 rings (SSSR count). The van der Waals surface area contributed by atoms with Gasteiger partial charge in [0.05, 0.1) is 19.4 Å². The molecule has 0 aliphatic heterocycles. The van der Waals surface area contributed by atoms with Crippen molar-refractivity contribution >= 4 is 16.0 Å². The summed E-state index contributed by atoms with van der Waals surface area (Å²) in [5.74, 6) is 2.33. The number of hydrogen-bond donors (Lipinski definition) is 3. The zero-order chi connectivity index (χ0) is 18.8. The highest BCUT2D eigenvalue weighted by atomic mass is 32.2. The molecule has 7 nitrogen and oxygen atoms in total. The molecule has 0 heterocycles. The zero-order valence-electron chi connectivity index (χ0n) is 15.6. The van der Waals surface area contributed by atoms with Crippen molar-refractivity contribution < 1.29 is 13.2 Å². The van der Waals surface area contributed by atoms with Crippen LogP contribution in [0.4, 0.5) is 0 Å². The van der Waals surface area contributed by atoms with E-state index in [9.17, 15) is 8.42 Å². The SMILES string of the molecule is CCNC(=NCc1ccccc1OCC1CC1)NCCCNS(C)(=O)=O. The van der Waals surface area contributed by atoms with Gasteiger partial charge in [0.1, 0.15) is 5.75 Å². The summed E-state index contributed by atoms with van der Waals surface area (Å²) in [5, 5.41) is 6.42. The van der Waals surface area contributed by atoms with Gasteiger partial charge in [-0.1, -0.05) is 18.2 Å². The highest BCUT2D eigenvalue weighted by Gasteiger charge is 2.22. The molecule has 0 unspecified atom stereocenters. The quantitative estimate of drug-likeness (QED) is 0.306. The number of nitrogens with zero attached hydrogens (tertiary/aromatic N) is 1. The van der Waals surface area contributed by atoms with Gasteiger partial charge in [-0.2, -0.15) is 0 Å². The lowest BCUT2D eigenvalue weighted by Gasteiger charge is -2.13. The van der Waals surface area contributed by atoms with Crippen molar-refractivity contribution in [3.8, 4) is 5.75 Å². The molecule has 1 aliphatic rings. The third kappa shape index (κ3) is 8.53. The van der Waals surface area contributed by atoms with Gasteiger partial charge in [-0.05, 0) is 38.2 Å². The molecular weight excluding hydrogens is 352 g/mol. The zero-order valence-corrected chi connectivity index (χ0v) is 16.4. The Labute approximate surface area is 156 Å². The number of sulfonamides is 1. The molecule has 1 aliphatic carbocycles. The van der Waals surface area contributed by atoms with Gasteiger partial charge < -0.3 is 15.4 Å². The van der Waals surface area contributed by atoms with Crippen LogP contribution in [0, 0.1) is 5.92 Å². The Morgan fingerprint density at radius 1 is 1.23 bits per heavy atom. The number of rotatable bonds is 11. The number of guanidine groups is 1. The third-order valence-electron chi connectivity index (χ3n) is 3.91. The predicted molar refractivity (Wildman–Crippen MR) is 105 cm³/mol. The molecule has 26 heavy (non-hydrogen) atoms. The van der Waals surface area contributed by atoms with Crippen LogP contribution >= 0.6 is 0 Å². The lowest BCUT2D eigenvalue weighted by atomic mass is 10.2. The molecule has 8 heteroatoms. The van der Waals surface area contributed by atoms with Crippen LogP contribution in [0.3, 0.4) is 0 Å². The number of aliphatic imine (C=N–C) groups is 1. The van der Waals surface area contributed by atoms with E-state index in [4.69, 9.17) is 4.74 Å². The second-order valence-electron chi connectivity index (χ2n) is 6.50. The van der Waals surface area contributed by atoms with Gasteiger partial charge in [-0.15, -0.1) is 0 Å². The van der Waals surface area contributed by atoms with Crippen molar-refractivity contribution in [1.29, 1.82) is 0 Å². The van der Waals surface area contributed by atoms with Gasteiger partial charge in [0.25, 0.3) is 0 Å². The first-order valence-electron chi connectivity index (χ1n) is 9.15. The minimum atomic E-state index is -3.13. The Hall–Kier alpha value is -1.80. The molecule has 0 atom stereocenters. The summed E-state index contributed by atoms with van der Waals surface area (Å²) in [6.07, 6.45) is 4.37. The first kappa shape index (κ1) is 20.5. The summed E-state index contributed by atoms with van der Waals surface area (Å²) in [6, 6.07) is 8.00. The summed E-state index contributed by atoms with van der Waals surface area (Å²) in [5.41, 5.74) is 1.06. The van der Waals surface area contributed by atoms with Crippen LogP contribution in [0.1, 0.15) is 31.7 Å². The lowest BCUT2D eigenvalue weighted by Crippen LogP contribution is -2.38. The van der Waals surface area contributed by atoms with Crippen LogP contribution in [0.2, 0.25) is 0 Å². The van der Waals surface area contributed by atoms with Crippen LogP contribution < -0.4 is 20.1 Å². The monoisotopic (exact) mass is 382 g/mol. The van der Waals surface area contributed by atoms with E-state index < -0.39 is 10.0 Å². The highest BCUT2D eigenvalue weighted by Crippen LogP contribution is 2.30. The van der Waals surface area contributed by atoms with E-state index in [1.165, 1.54) is 12.8 Å². The Morgan fingerprint density at radius 3 is 2.69 bits per heavy atom. The molecule has 0 bridgehead atoms. The van der Waals surface area contributed by atoms with E-state index >= 15 is 0 Å². The normalized spacial score (nSPS) is 14.9. The molecule has 1 fully saturated rings. The Morgan fingerprint density at radius 2 is 2.00 bits per heavy atom. The van der Waals surface area contributed by atoms with Crippen molar-refractivity contribution in [2.24, 2.45) is 10.9 Å². The molecule has 3 N–H and O–H groups in total. The molecule has 1 aromatic carbocycles. The molecule has 1 saturated carbocycles. The lowest BCUT2D eigenvalue weighted by molar-refractivity contribution is 0.297. The van der Waals surface area contributed by atoms with Crippen LogP contribution in [0.25, 0.3) is 0 Å². The van der Waals surface area contributed by atoms with Crippen molar-refractivity contribution in [3.05, 3.63) is 29.8 Å². The van der Waals surface area contributed by atoms with E-state index in [1.807, 2.05) is 31.2 Å². The van der Waals surface area contributed by atoms with Gasteiger partial charge in [0, 0.05) is 25.2 Å². The second-order valence-corrected chi connectivity index (χ2v) is 8.34. The predicted octanol–water partition coefficient (Wildman–Crippen LogP) is 1.47. The maximum absolute atomic E-state index is 11.0. The number of benzene rings is 1. The molecule has 0 saturated heterocycles. The fourth-order valence-corrected chi connectivity index (χ4v) is 2.84. The minimum absolute atomic E-state index is 0.406. The van der Waals surface area contributed by atoms with E-state index in [1.54, 1.807) is 0 Å². The smallest absolute Gasteiger partial charge is 0.208 e. The second kappa shape index (κ2) is 10.4. The average Bonchev–Trinajstić information content (AvgIpc) is 3.41.